The van der Waals surface area contributed by atoms with Crippen molar-refractivity contribution in [3.63, 3.8) is 0 Å². The Bertz CT molecular complexity index is 586. The monoisotopic (exact) mass is 217 g/mol. The number of hydrogen-bond donors (Lipinski definition) is 1. The van der Waals surface area contributed by atoms with Crippen LogP contribution >= 0.6 is 0 Å². The Balaban J connectivity index is 2.58. The van der Waals surface area contributed by atoms with Gasteiger partial charge in [0.1, 0.15) is 5.56 Å². The molecular formula is C12H11NO3. The van der Waals surface area contributed by atoms with E-state index in [1.54, 1.807) is 19.1 Å². The zero-order valence-electron chi connectivity index (χ0n) is 8.82. The van der Waals surface area contributed by atoms with Gasteiger partial charge in [-0.3, -0.25) is 4.79 Å². The molecule has 82 valence electrons. The number of pyridine rings is 1. The number of carbonyl (C=O) groups excluding carboxylic acids is 1. The van der Waals surface area contributed by atoms with Crippen molar-refractivity contribution in [2.75, 3.05) is 6.61 Å². The van der Waals surface area contributed by atoms with E-state index in [9.17, 15) is 9.59 Å². The van der Waals surface area contributed by atoms with Gasteiger partial charge in [0.15, 0.2) is 0 Å². The summed E-state index contributed by atoms with van der Waals surface area (Å²) in [6, 6.07) is 8.82. The van der Waals surface area contributed by atoms with Crippen LogP contribution in [-0.4, -0.2) is 17.6 Å². The molecule has 2 aromatic rings. The standard InChI is InChI=1S/C12H11NO3/c1-2-16-12(15)9-7-8-5-3-4-6-10(8)13-11(9)14/h3-7H,2H2,1H3,(H,13,14). The zero-order valence-corrected chi connectivity index (χ0v) is 8.82. The van der Waals surface area contributed by atoms with Gasteiger partial charge in [-0.2, -0.15) is 0 Å². The van der Waals surface area contributed by atoms with Gasteiger partial charge in [0.05, 0.1) is 6.61 Å². The number of H-pyrrole nitrogens is 1. The number of fused-ring (bicyclic) bond motifs is 1. The molecule has 0 radical (unpaired) electrons. The molecule has 0 fully saturated rings. The van der Waals surface area contributed by atoms with Crippen molar-refractivity contribution in [3.05, 3.63) is 46.2 Å². The highest BCUT2D eigenvalue weighted by atomic mass is 16.5. The first-order valence-corrected chi connectivity index (χ1v) is 5.01. The maximum Gasteiger partial charge on any atom is 0.343 e. The Morgan fingerprint density at radius 3 is 2.88 bits per heavy atom. The molecule has 4 heteroatoms. The van der Waals surface area contributed by atoms with E-state index in [1.165, 1.54) is 0 Å². The number of nitrogens with one attached hydrogen (secondary N) is 1. The topological polar surface area (TPSA) is 59.2 Å². The lowest BCUT2D eigenvalue weighted by atomic mass is 10.1. The molecule has 0 aliphatic rings. The molecule has 0 amide bonds. The molecule has 0 atom stereocenters. The van der Waals surface area contributed by atoms with Crippen LogP contribution < -0.4 is 5.56 Å². The second-order valence-electron chi connectivity index (χ2n) is 3.32. The smallest absolute Gasteiger partial charge is 0.343 e. The fourth-order valence-electron chi connectivity index (χ4n) is 1.51. The molecule has 0 aliphatic heterocycles. The van der Waals surface area contributed by atoms with E-state index in [1.807, 2.05) is 18.2 Å². The van der Waals surface area contributed by atoms with E-state index >= 15 is 0 Å². The summed E-state index contributed by atoms with van der Waals surface area (Å²) in [5.41, 5.74) is 0.332. The normalized spacial score (nSPS) is 10.3. The maximum absolute atomic E-state index is 11.6. The maximum atomic E-state index is 11.6. The number of aromatic nitrogens is 1. The summed E-state index contributed by atoms with van der Waals surface area (Å²) in [5.74, 6) is -0.588. The summed E-state index contributed by atoms with van der Waals surface area (Å²) in [6.07, 6.45) is 0. The second kappa shape index (κ2) is 4.18. The minimum atomic E-state index is -0.588. The lowest BCUT2D eigenvalue weighted by molar-refractivity contribution is 0.0524. The van der Waals surface area contributed by atoms with Gasteiger partial charge in [-0.05, 0) is 24.4 Å². The third kappa shape index (κ3) is 1.82. The first-order chi connectivity index (χ1) is 7.72. The average Bonchev–Trinajstić information content (AvgIpc) is 2.28. The summed E-state index contributed by atoms with van der Waals surface area (Å²) < 4.78 is 4.80. The van der Waals surface area contributed by atoms with Gasteiger partial charge < -0.3 is 9.72 Å². The highest BCUT2D eigenvalue weighted by Crippen LogP contribution is 2.10. The molecule has 1 heterocycles. The Labute approximate surface area is 91.9 Å². The van der Waals surface area contributed by atoms with E-state index in [-0.39, 0.29) is 12.2 Å². The van der Waals surface area contributed by atoms with Gasteiger partial charge in [-0.25, -0.2) is 4.79 Å². The Kier molecular flexibility index (Phi) is 2.72. The molecule has 0 aliphatic carbocycles. The highest BCUT2D eigenvalue weighted by molar-refractivity contribution is 5.93. The number of para-hydroxylation sites is 1. The van der Waals surface area contributed by atoms with Crippen molar-refractivity contribution in [3.8, 4) is 0 Å². The third-order valence-electron chi connectivity index (χ3n) is 2.25. The number of aromatic amines is 1. The number of carbonyl (C=O) groups is 1. The van der Waals surface area contributed by atoms with E-state index < -0.39 is 11.5 Å². The van der Waals surface area contributed by atoms with E-state index in [4.69, 9.17) is 4.74 Å². The van der Waals surface area contributed by atoms with Crippen LogP contribution in [-0.2, 0) is 4.74 Å². The van der Waals surface area contributed by atoms with Gasteiger partial charge >= 0.3 is 5.97 Å². The molecule has 0 saturated carbocycles. The lowest BCUT2D eigenvalue weighted by Crippen LogP contribution is -2.19. The Morgan fingerprint density at radius 2 is 2.12 bits per heavy atom. The fraction of sp³-hybridized carbons (Fsp3) is 0.167. The van der Waals surface area contributed by atoms with E-state index in [0.29, 0.717) is 5.52 Å². The molecule has 1 N–H and O–H groups in total. The van der Waals surface area contributed by atoms with Crippen molar-refractivity contribution in [1.29, 1.82) is 0 Å². The minimum absolute atomic E-state index is 0.0422. The third-order valence-corrected chi connectivity index (χ3v) is 2.25. The number of hydrogen-bond acceptors (Lipinski definition) is 3. The fourth-order valence-corrected chi connectivity index (χ4v) is 1.51. The van der Waals surface area contributed by atoms with Crippen LogP contribution in [0.2, 0.25) is 0 Å². The van der Waals surface area contributed by atoms with E-state index in [0.717, 1.165) is 5.39 Å². The van der Waals surface area contributed by atoms with Crippen molar-refractivity contribution in [2.24, 2.45) is 0 Å². The van der Waals surface area contributed by atoms with Crippen LogP contribution in [0.3, 0.4) is 0 Å². The molecule has 4 nitrogen and oxygen atoms in total. The molecule has 0 saturated heterocycles. The van der Waals surface area contributed by atoms with Gasteiger partial charge in [0.2, 0.25) is 0 Å². The van der Waals surface area contributed by atoms with Crippen molar-refractivity contribution >= 4 is 16.9 Å². The molecular weight excluding hydrogens is 206 g/mol. The summed E-state index contributed by atoms with van der Waals surface area (Å²) in [5, 5.41) is 0.810. The molecule has 16 heavy (non-hydrogen) atoms. The zero-order chi connectivity index (χ0) is 11.5. The molecule has 2 rings (SSSR count). The molecule has 1 aromatic carbocycles. The van der Waals surface area contributed by atoms with Gasteiger partial charge in [-0.1, -0.05) is 18.2 Å². The Hall–Kier alpha value is -2.10. The molecule has 0 bridgehead atoms. The van der Waals surface area contributed by atoms with Gasteiger partial charge in [-0.15, -0.1) is 0 Å². The summed E-state index contributed by atoms with van der Waals surface area (Å²) in [7, 11) is 0. The largest absolute Gasteiger partial charge is 0.462 e. The van der Waals surface area contributed by atoms with Crippen LogP contribution in [0.25, 0.3) is 10.9 Å². The van der Waals surface area contributed by atoms with Crippen LogP contribution in [0.15, 0.2) is 35.1 Å². The Morgan fingerprint density at radius 1 is 1.38 bits per heavy atom. The van der Waals surface area contributed by atoms with Crippen LogP contribution in [0.1, 0.15) is 17.3 Å². The van der Waals surface area contributed by atoms with E-state index in [2.05, 4.69) is 4.98 Å². The van der Waals surface area contributed by atoms with Crippen molar-refractivity contribution in [1.82, 2.24) is 4.98 Å². The average molecular weight is 217 g/mol. The minimum Gasteiger partial charge on any atom is -0.462 e. The highest BCUT2D eigenvalue weighted by Gasteiger charge is 2.12. The molecule has 0 unspecified atom stereocenters. The van der Waals surface area contributed by atoms with Crippen LogP contribution in [0, 0.1) is 0 Å². The van der Waals surface area contributed by atoms with Gasteiger partial charge in [0, 0.05) is 5.52 Å². The summed E-state index contributed by atoms with van der Waals surface area (Å²) in [6.45, 7) is 1.96. The lowest BCUT2D eigenvalue weighted by Gasteiger charge is -2.02. The quantitative estimate of drug-likeness (QED) is 0.779. The summed E-state index contributed by atoms with van der Waals surface area (Å²) >= 11 is 0. The number of esters is 1. The van der Waals surface area contributed by atoms with Crippen LogP contribution in [0.5, 0.6) is 0 Å². The number of rotatable bonds is 2. The molecule has 1 aromatic heterocycles. The predicted molar refractivity (Wildman–Crippen MR) is 60.5 cm³/mol. The summed E-state index contributed by atoms with van der Waals surface area (Å²) in [4.78, 5) is 25.7. The second-order valence-corrected chi connectivity index (χ2v) is 3.32. The number of benzene rings is 1. The first-order valence-electron chi connectivity index (χ1n) is 5.01. The SMILES string of the molecule is CCOC(=O)c1cc2ccccc2[nH]c1=O. The number of ether oxygens (including phenoxy) is 1. The van der Waals surface area contributed by atoms with Crippen LogP contribution in [0.4, 0.5) is 0 Å². The van der Waals surface area contributed by atoms with Gasteiger partial charge in [0.25, 0.3) is 5.56 Å². The molecule has 0 spiro atoms. The first kappa shape index (κ1) is 10.4. The van der Waals surface area contributed by atoms with Crippen molar-refractivity contribution in [2.45, 2.75) is 6.92 Å². The van der Waals surface area contributed by atoms with Crippen molar-refractivity contribution < 1.29 is 9.53 Å². The predicted octanol–water partition coefficient (Wildman–Crippen LogP) is 1.70.